The lowest BCUT2D eigenvalue weighted by Gasteiger charge is -2.27. The Balaban J connectivity index is 1.89. The number of fused-ring (bicyclic) bond motifs is 1. The number of hydrogen-bond acceptors (Lipinski definition) is 6. The van der Waals surface area contributed by atoms with Gasteiger partial charge in [0.25, 0.3) is 5.56 Å². The number of ether oxygens (including phenoxy) is 2. The SMILES string of the molecule is COc1ccc(-n2c(C(C)N(C)S(=O)(=O)c3ccc(C(C)C)cc3)nc3cccc(OC)c3c2=O)cc1. The lowest BCUT2D eigenvalue weighted by molar-refractivity contribution is 0.378. The lowest BCUT2D eigenvalue weighted by atomic mass is 10.0. The summed E-state index contributed by atoms with van der Waals surface area (Å²) in [7, 11) is 0.666. The zero-order valence-corrected chi connectivity index (χ0v) is 22.6. The summed E-state index contributed by atoms with van der Waals surface area (Å²) in [6, 6.07) is 18.2. The summed E-state index contributed by atoms with van der Waals surface area (Å²) in [6.45, 7) is 5.82. The summed E-state index contributed by atoms with van der Waals surface area (Å²) in [4.78, 5) is 18.8. The van der Waals surface area contributed by atoms with Crippen LogP contribution in [-0.2, 0) is 10.0 Å². The number of methoxy groups -OCH3 is 2. The molecule has 0 fully saturated rings. The molecule has 0 bridgehead atoms. The second kappa shape index (κ2) is 10.4. The molecule has 1 unspecified atom stereocenters. The molecule has 9 heteroatoms. The van der Waals surface area contributed by atoms with Crippen LogP contribution in [0.2, 0.25) is 0 Å². The molecule has 0 spiro atoms. The Bertz CT molecular complexity index is 1580. The maximum Gasteiger partial charge on any atom is 0.269 e. The minimum absolute atomic E-state index is 0.173. The molecular weight excluding hydrogens is 490 g/mol. The molecule has 37 heavy (non-hydrogen) atoms. The minimum atomic E-state index is -3.88. The Morgan fingerprint density at radius 2 is 1.54 bits per heavy atom. The van der Waals surface area contributed by atoms with Gasteiger partial charge in [0.1, 0.15) is 22.7 Å². The summed E-state index contributed by atoms with van der Waals surface area (Å²) >= 11 is 0. The first-order chi connectivity index (χ1) is 17.6. The third-order valence-electron chi connectivity index (χ3n) is 6.58. The predicted octanol–water partition coefficient (Wildman–Crippen LogP) is 4.91. The van der Waals surface area contributed by atoms with E-state index in [1.165, 1.54) is 23.0 Å². The molecule has 1 aromatic heterocycles. The number of aromatic nitrogens is 2. The van der Waals surface area contributed by atoms with E-state index in [9.17, 15) is 13.2 Å². The highest BCUT2D eigenvalue weighted by atomic mass is 32.2. The van der Waals surface area contributed by atoms with E-state index in [0.29, 0.717) is 28.1 Å². The zero-order valence-electron chi connectivity index (χ0n) is 21.8. The molecule has 0 aliphatic rings. The van der Waals surface area contributed by atoms with E-state index in [0.717, 1.165) is 5.56 Å². The Kier molecular flexibility index (Phi) is 7.38. The van der Waals surface area contributed by atoms with Crippen molar-refractivity contribution in [3.63, 3.8) is 0 Å². The van der Waals surface area contributed by atoms with E-state index < -0.39 is 16.1 Å². The largest absolute Gasteiger partial charge is 0.497 e. The van der Waals surface area contributed by atoms with E-state index in [1.807, 2.05) is 12.1 Å². The summed E-state index contributed by atoms with van der Waals surface area (Å²) in [6.07, 6.45) is 0. The molecule has 0 saturated carbocycles. The third kappa shape index (κ3) is 4.84. The smallest absolute Gasteiger partial charge is 0.269 e. The van der Waals surface area contributed by atoms with Crippen molar-refractivity contribution >= 4 is 20.9 Å². The molecule has 8 nitrogen and oxygen atoms in total. The second-order valence-corrected chi connectivity index (χ2v) is 11.1. The van der Waals surface area contributed by atoms with Crippen LogP contribution < -0.4 is 15.0 Å². The van der Waals surface area contributed by atoms with Crippen LogP contribution >= 0.6 is 0 Å². The average Bonchev–Trinajstić information content (AvgIpc) is 2.91. The molecule has 0 aliphatic carbocycles. The van der Waals surface area contributed by atoms with Gasteiger partial charge in [-0.15, -0.1) is 0 Å². The van der Waals surface area contributed by atoms with Gasteiger partial charge in [0, 0.05) is 7.05 Å². The average molecular weight is 522 g/mol. The highest BCUT2D eigenvalue weighted by molar-refractivity contribution is 7.89. The maximum absolute atomic E-state index is 13.9. The summed E-state index contributed by atoms with van der Waals surface area (Å²) < 4.78 is 40.5. The molecule has 0 saturated heterocycles. The standard InChI is InChI=1S/C28H31N3O5S/c1-18(2)20-10-16-23(17-11-20)37(33,34)30(4)19(3)27-29-24-8-7-9-25(36-6)26(24)28(32)31(27)21-12-14-22(35-5)15-13-21/h7-19H,1-6H3. The van der Waals surface area contributed by atoms with E-state index in [1.54, 1.807) is 68.6 Å². The van der Waals surface area contributed by atoms with Gasteiger partial charge in [0.15, 0.2) is 0 Å². The highest BCUT2D eigenvalue weighted by Crippen LogP contribution is 2.30. The molecular formula is C28H31N3O5S. The van der Waals surface area contributed by atoms with Gasteiger partial charge in [0.05, 0.1) is 36.4 Å². The van der Waals surface area contributed by atoms with E-state index in [-0.39, 0.29) is 22.2 Å². The number of benzene rings is 3. The highest BCUT2D eigenvalue weighted by Gasteiger charge is 2.30. The fourth-order valence-corrected chi connectivity index (χ4v) is 5.53. The van der Waals surface area contributed by atoms with Crippen LogP contribution in [0.1, 0.15) is 44.1 Å². The van der Waals surface area contributed by atoms with Crippen molar-refractivity contribution in [1.29, 1.82) is 0 Å². The molecule has 0 radical (unpaired) electrons. The topological polar surface area (TPSA) is 90.7 Å². The molecule has 1 atom stereocenters. The van der Waals surface area contributed by atoms with Gasteiger partial charge >= 0.3 is 0 Å². The second-order valence-electron chi connectivity index (χ2n) is 9.08. The number of hydrogen-bond donors (Lipinski definition) is 0. The minimum Gasteiger partial charge on any atom is -0.497 e. The van der Waals surface area contributed by atoms with Crippen molar-refractivity contribution in [1.82, 2.24) is 13.9 Å². The number of rotatable bonds is 8. The van der Waals surface area contributed by atoms with Gasteiger partial charge in [-0.05, 0) is 66.9 Å². The van der Waals surface area contributed by atoms with E-state index in [2.05, 4.69) is 13.8 Å². The molecule has 1 heterocycles. The molecule has 4 aromatic rings. The van der Waals surface area contributed by atoms with Crippen LogP contribution in [-0.4, -0.2) is 43.5 Å². The molecule has 3 aromatic carbocycles. The van der Waals surface area contributed by atoms with Crippen molar-refractivity contribution < 1.29 is 17.9 Å². The van der Waals surface area contributed by atoms with Crippen LogP contribution in [0.3, 0.4) is 0 Å². The van der Waals surface area contributed by atoms with Gasteiger partial charge in [-0.1, -0.05) is 32.0 Å². The maximum atomic E-state index is 13.9. The lowest BCUT2D eigenvalue weighted by Crippen LogP contribution is -2.35. The Morgan fingerprint density at radius 1 is 0.892 bits per heavy atom. The van der Waals surface area contributed by atoms with Gasteiger partial charge in [0.2, 0.25) is 10.0 Å². The van der Waals surface area contributed by atoms with E-state index in [4.69, 9.17) is 14.5 Å². The van der Waals surface area contributed by atoms with Crippen LogP contribution in [0.5, 0.6) is 11.5 Å². The van der Waals surface area contributed by atoms with Crippen molar-refractivity contribution in [3.05, 3.63) is 88.5 Å². The number of nitrogens with zero attached hydrogens (tertiary/aromatic N) is 3. The van der Waals surface area contributed by atoms with Gasteiger partial charge in [-0.3, -0.25) is 9.36 Å². The Morgan fingerprint density at radius 3 is 2.11 bits per heavy atom. The fourth-order valence-electron chi connectivity index (χ4n) is 4.21. The van der Waals surface area contributed by atoms with E-state index >= 15 is 0 Å². The first-order valence-corrected chi connectivity index (χ1v) is 13.4. The van der Waals surface area contributed by atoms with Crippen molar-refractivity contribution in [2.45, 2.75) is 37.6 Å². The zero-order chi connectivity index (χ0) is 26.9. The predicted molar refractivity (Wildman–Crippen MR) is 144 cm³/mol. The van der Waals surface area contributed by atoms with Crippen molar-refractivity contribution in [2.24, 2.45) is 0 Å². The van der Waals surface area contributed by atoms with Gasteiger partial charge in [-0.2, -0.15) is 4.31 Å². The van der Waals surface area contributed by atoms with Crippen molar-refractivity contribution in [3.8, 4) is 17.2 Å². The normalized spacial score (nSPS) is 12.8. The first kappa shape index (κ1) is 26.4. The summed E-state index contributed by atoms with van der Waals surface area (Å²) in [5, 5.41) is 0.312. The van der Waals surface area contributed by atoms with Crippen LogP contribution in [0.15, 0.2) is 76.4 Å². The fraction of sp³-hybridized carbons (Fsp3) is 0.286. The number of sulfonamides is 1. The molecule has 4 rings (SSSR count). The van der Waals surface area contributed by atoms with Crippen LogP contribution in [0.4, 0.5) is 0 Å². The molecule has 0 N–H and O–H groups in total. The molecule has 194 valence electrons. The molecule has 0 amide bonds. The Labute approximate surface area is 217 Å². The summed E-state index contributed by atoms with van der Waals surface area (Å²) in [5.41, 5.74) is 1.64. The van der Waals surface area contributed by atoms with Gasteiger partial charge < -0.3 is 9.47 Å². The Hall–Kier alpha value is -3.69. The monoisotopic (exact) mass is 521 g/mol. The molecule has 0 aliphatic heterocycles. The van der Waals surface area contributed by atoms with Gasteiger partial charge in [-0.25, -0.2) is 13.4 Å². The first-order valence-electron chi connectivity index (χ1n) is 11.9. The van der Waals surface area contributed by atoms with Crippen molar-refractivity contribution in [2.75, 3.05) is 21.3 Å². The summed E-state index contributed by atoms with van der Waals surface area (Å²) in [5.74, 6) is 1.58. The quantitative estimate of drug-likeness (QED) is 0.327. The third-order valence-corrected chi connectivity index (χ3v) is 8.52. The van der Waals surface area contributed by atoms with Crippen LogP contribution in [0, 0.1) is 0 Å². The van der Waals surface area contributed by atoms with Crippen LogP contribution in [0.25, 0.3) is 16.6 Å².